The van der Waals surface area contributed by atoms with Gasteiger partial charge in [0.2, 0.25) is 0 Å². The van der Waals surface area contributed by atoms with E-state index in [4.69, 9.17) is 10.00 Å². The van der Waals surface area contributed by atoms with E-state index in [0.29, 0.717) is 6.61 Å². The molecular formula is C12H19NO2. The zero-order chi connectivity index (χ0) is 11.7. The Morgan fingerprint density at radius 1 is 1.33 bits per heavy atom. The largest absolute Gasteiger partial charge is 0.462 e. The Morgan fingerprint density at radius 2 is 2.00 bits per heavy atom. The van der Waals surface area contributed by atoms with Crippen molar-refractivity contribution in [3.8, 4) is 6.07 Å². The van der Waals surface area contributed by atoms with Crippen molar-refractivity contribution in [2.24, 2.45) is 0 Å². The lowest BCUT2D eigenvalue weighted by Crippen LogP contribution is -2.09. The number of unbranched alkanes of at least 4 members (excludes halogenated alkanes) is 1. The van der Waals surface area contributed by atoms with E-state index in [-0.39, 0.29) is 5.57 Å². The SMILES string of the molecule is CCCC/C(CC)=C(/C#N)C(=O)OCC. The van der Waals surface area contributed by atoms with Gasteiger partial charge in [0.1, 0.15) is 11.6 Å². The van der Waals surface area contributed by atoms with E-state index < -0.39 is 5.97 Å². The standard InChI is InChI=1S/C12H19NO2/c1-4-7-8-10(5-2)11(9-13)12(14)15-6-3/h4-8H2,1-3H3/b11-10-. The van der Waals surface area contributed by atoms with E-state index >= 15 is 0 Å². The molecule has 3 nitrogen and oxygen atoms in total. The summed E-state index contributed by atoms with van der Waals surface area (Å²) in [6.45, 7) is 6.10. The molecule has 0 aromatic carbocycles. The molecule has 84 valence electrons. The molecule has 0 N–H and O–H groups in total. The van der Waals surface area contributed by atoms with E-state index in [0.717, 1.165) is 31.3 Å². The number of ether oxygens (including phenoxy) is 1. The van der Waals surface area contributed by atoms with Gasteiger partial charge in [-0.2, -0.15) is 5.26 Å². The van der Waals surface area contributed by atoms with Gasteiger partial charge in [-0.3, -0.25) is 0 Å². The molecule has 0 radical (unpaired) electrons. The van der Waals surface area contributed by atoms with Crippen molar-refractivity contribution in [2.45, 2.75) is 46.5 Å². The highest BCUT2D eigenvalue weighted by molar-refractivity contribution is 5.93. The normalized spacial score (nSPS) is 11.6. The zero-order valence-corrected chi connectivity index (χ0v) is 9.80. The van der Waals surface area contributed by atoms with Crippen LogP contribution in [0.25, 0.3) is 0 Å². The minimum atomic E-state index is -0.479. The maximum absolute atomic E-state index is 11.4. The van der Waals surface area contributed by atoms with Gasteiger partial charge in [0.05, 0.1) is 6.61 Å². The summed E-state index contributed by atoms with van der Waals surface area (Å²) in [6.07, 6.45) is 3.62. The molecular weight excluding hydrogens is 190 g/mol. The summed E-state index contributed by atoms with van der Waals surface area (Å²) in [5.74, 6) is -0.479. The van der Waals surface area contributed by atoms with Crippen LogP contribution in [0.3, 0.4) is 0 Å². The molecule has 0 fully saturated rings. The fourth-order valence-electron chi connectivity index (χ4n) is 1.34. The summed E-state index contributed by atoms with van der Waals surface area (Å²) in [5.41, 5.74) is 1.12. The molecule has 0 aromatic heterocycles. The maximum Gasteiger partial charge on any atom is 0.348 e. The van der Waals surface area contributed by atoms with Crippen molar-refractivity contribution in [1.29, 1.82) is 5.26 Å². The van der Waals surface area contributed by atoms with Gasteiger partial charge in [-0.25, -0.2) is 4.79 Å². The van der Waals surface area contributed by atoms with Crippen LogP contribution in [-0.4, -0.2) is 12.6 Å². The third kappa shape index (κ3) is 4.64. The smallest absolute Gasteiger partial charge is 0.348 e. The Labute approximate surface area is 91.7 Å². The quantitative estimate of drug-likeness (QED) is 0.384. The molecule has 0 unspecified atom stereocenters. The number of nitrogens with zero attached hydrogens (tertiary/aromatic N) is 1. The first-order valence-corrected chi connectivity index (χ1v) is 5.50. The minimum Gasteiger partial charge on any atom is -0.462 e. The molecule has 0 aromatic rings. The van der Waals surface area contributed by atoms with Gasteiger partial charge in [-0.1, -0.05) is 20.3 Å². The number of hydrogen-bond donors (Lipinski definition) is 0. The monoisotopic (exact) mass is 209 g/mol. The first-order chi connectivity index (χ1) is 7.21. The second-order valence-electron chi connectivity index (χ2n) is 3.27. The molecule has 0 heterocycles. The highest BCUT2D eigenvalue weighted by Gasteiger charge is 2.14. The molecule has 0 saturated heterocycles. The Hall–Kier alpha value is -1.30. The number of rotatable bonds is 6. The molecule has 0 amide bonds. The third-order valence-electron chi connectivity index (χ3n) is 2.20. The van der Waals surface area contributed by atoms with E-state index in [2.05, 4.69) is 6.92 Å². The molecule has 0 spiro atoms. The second-order valence-corrected chi connectivity index (χ2v) is 3.27. The summed E-state index contributed by atoms with van der Waals surface area (Å²) < 4.78 is 4.84. The molecule has 0 bridgehead atoms. The van der Waals surface area contributed by atoms with Gasteiger partial charge < -0.3 is 4.74 Å². The first kappa shape index (κ1) is 13.7. The van der Waals surface area contributed by atoms with Crippen LogP contribution >= 0.6 is 0 Å². The maximum atomic E-state index is 11.4. The number of esters is 1. The minimum absolute atomic E-state index is 0.202. The third-order valence-corrected chi connectivity index (χ3v) is 2.20. The van der Waals surface area contributed by atoms with Crippen LogP contribution in [0, 0.1) is 11.3 Å². The molecule has 0 rings (SSSR count). The molecule has 0 atom stereocenters. The summed E-state index contributed by atoms with van der Waals surface area (Å²) in [4.78, 5) is 11.4. The van der Waals surface area contributed by atoms with E-state index in [1.54, 1.807) is 6.92 Å². The first-order valence-electron chi connectivity index (χ1n) is 5.50. The van der Waals surface area contributed by atoms with Gasteiger partial charge in [0.25, 0.3) is 0 Å². The fraction of sp³-hybridized carbons (Fsp3) is 0.667. The Morgan fingerprint density at radius 3 is 2.40 bits per heavy atom. The van der Waals surface area contributed by atoms with Crippen molar-refractivity contribution in [3.63, 3.8) is 0 Å². The van der Waals surface area contributed by atoms with Crippen molar-refractivity contribution >= 4 is 5.97 Å². The zero-order valence-electron chi connectivity index (χ0n) is 9.80. The fourth-order valence-corrected chi connectivity index (χ4v) is 1.34. The number of carbonyl (C=O) groups excluding carboxylic acids is 1. The van der Waals surface area contributed by atoms with Gasteiger partial charge in [-0.15, -0.1) is 0 Å². The van der Waals surface area contributed by atoms with Gasteiger partial charge in [0, 0.05) is 0 Å². The lowest BCUT2D eigenvalue weighted by atomic mass is 10.0. The highest BCUT2D eigenvalue weighted by atomic mass is 16.5. The van der Waals surface area contributed by atoms with E-state index in [1.807, 2.05) is 13.0 Å². The van der Waals surface area contributed by atoms with Crippen LogP contribution in [0.2, 0.25) is 0 Å². The summed E-state index contributed by atoms with van der Waals surface area (Å²) in [6, 6.07) is 1.95. The molecule has 0 aliphatic heterocycles. The lowest BCUT2D eigenvalue weighted by Gasteiger charge is -2.07. The van der Waals surface area contributed by atoms with Gasteiger partial charge in [0.15, 0.2) is 0 Å². The van der Waals surface area contributed by atoms with Crippen LogP contribution in [0.5, 0.6) is 0 Å². The predicted octanol–water partition coefficient (Wildman–Crippen LogP) is 2.97. The van der Waals surface area contributed by atoms with Crippen LogP contribution in [-0.2, 0) is 9.53 Å². The molecule has 0 aliphatic carbocycles. The second kappa shape index (κ2) is 8.05. The van der Waals surface area contributed by atoms with Crippen molar-refractivity contribution < 1.29 is 9.53 Å². The molecule has 3 heteroatoms. The van der Waals surface area contributed by atoms with Crippen molar-refractivity contribution in [2.75, 3.05) is 6.61 Å². The number of nitriles is 1. The Bertz CT molecular complexity index is 274. The van der Waals surface area contributed by atoms with Crippen LogP contribution in [0.1, 0.15) is 46.5 Å². The van der Waals surface area contributed by atoms with Crippen LogP contribution in [0.15, 0.2) is 11.1 Å². The molecule has 0 saturated carbocycles. The molecule has 0 aliphatic rings. The Balaban J connectivity index is 4.74. The van der Waals surface area contributed by atoms with Crippen LogP contribution in [0.4, 0.5) is 0 Å². The summed E-state index contributed by atoms with van der Waals surface area (Å²) in [7, 11) is 0. The van der Waals surface area contributed by atoms with Gasteiger partial charge >= 0.3 is 5.97 Å². The predicted molar refractivity (Wildman–Crippen MR) is 59.1 cm³/mol. The lowest BCUT2D eigenvalue weighted by molar-refractivity contribution is -0.138. The molecule has 15 heavy (non-hydrogen) atoms. The number of hydrogen-bond acceptors (Lipinski definition) is 3. The Kier molecular flexibility index (Phi) is 7.35. The van der Waals surface area contributed by atoms with Crippen molar-refractivity contribution in [3.05, 3.63) is 11.1 Å². The van der Waals surface area contributed by atoms with E-state index in [9.17, 15) is 4.79 Å². The number of carbonyl (C=O) groups is 1. The summed E-state index contributed by atoms with van der Waals surface area (Å²) >= 11 is 0. The average Bonchev–Trinajstić information content (AvgIpc) is 2.24. The van der Waals surface area contributed by atoms with E-state index in [1.165, 1.54) is 0 Å². The van der Waals surface area contributed by atoms with Gasteiger partial charge in [-0.05, 0) is 31.8 Å². The van der Waals surface area contributed by atoms with Crippen LogP contribution < -0.4 is 0 Å². The number of allylic oxidation sites excluding steroid dienone is 1. The summed E-state index contributed by atoms with van der Waals surface area (Å²) in [5, 5.41) is 8.92. The average molecular weight is 209 g/mol. The van der Waals surface area contributed by atoms with Crippen molar-refractivity contribution in [1.82, 2.24) is 0 Å². The topological polar surface area (TPSA) is 50.1 Å². The highest BCUT2D eigenvalue weighted by Crippen LogP contribution is 2.17.